The number of sulfone groups is 1. The van der Waals surface area contributed by atoms with E-state index in [1.54, 1.807) is 25.8 Å². The van der Waals surface area contributed by atoms with E-state index < -0.39 is 27.4 Å². The largest absolute Gasteiger partial charge is 0.528 e. The van der Waals surface area contributed by atoms with Gasteiger partial charge in [-0.3, -0.25) is 0 Å². The molecule has 1 saturated heterocycles. The number of aromatic nitrogens is 1. The lowest BCUT2D eigenvalue weighted by atomic mass is 9.99. The molecule has 0 radical (unpaired) electrons. The van der Waals surface area contributed by atoms with Gasteiger partial charge in [0.15, 0.2) is 21.4 Å². The molecule has 0 aliphatic carbocycles. The van der Waals surface area contributed by atoms with Gasteiger partial charge in [-0.2, -0.15) is 0 Å². The number of piperidine rings is 1. The van der Waals surface area contributed by atoms with E-state index in [1.165, 1.54) is 23.5 Å². The molecule has 8 nitrogen and oxygen atoms in total. The van der Waals surface area contributed by atoms with Crippen LogP contribution in [0.3, 0.4) is 0 Å². The topological polar surface area (TPSA) is 95.0 Å². The van der Waals surface area contributed by atoms with Gasteiger partial charge < -0.3 is 14.3 Å². The second-order valence-corrected chi connectivity index (χ2v) is 11.5. The highest BCUT2D eigenvalue weighted by Crippen LogP contribution is 2.31. The van der Waals surface area contributed by atoms with Gasteiger partial charge in [0.05, 0.1) is 15.6 Å². The molecule has 0 atom stereocenters. The fraction of sp³-hybridized carbons (Fsp3) is 0.524. The van der Waals surface area contributed by atoms with Crippen LogP contribution >= 0.6 is 11.3 Å². The first-order chi connectivity index (χ1) is 14.9. The van der Waals surface area contributed by atoms with Crippen LogP contribution in [0.25, 0.3) is 0 Å². The fourth-order valence-electron chi connectivity index (χ4n) is 3.13. The zero-order chi connectivity index (χ0) is 23.5. The second kappa shape index (κ2) is 9.72. The Hall–Kier alpha value is -2.24. The zero-order valence-corrected chi connectivity index (χ0v) is 20.1. The zero-order valence-electron chi connectivity index (χ0n) is 18.5. The first-order valence-corrected chi connectivity index (χ1v) is 12.9. The van der Waals surface area contributed by atoms with Crippen LogP contribution in [0.15, 0.2) is 28.5 Å². The van der Waals surface area contributed by atoms with Crippen molar-refractivity contribution in [2.75, 3.05) is 19.3 Å². The fourth-order valence-corrected chi connectivity index (χ4v) is 4.73. The summed E-state index contributed by atoms with van der Waals surface area (Å²) in [5, 5.41) is 4.42. The van der Waals surface area contributed by atoms with Crippen molar-refractivity contribution in [2.45, 2.75) is 56.6 Å². The average molecular weight is 487 g/mol. The highest BCUT2D eigenvalue weighted by atomic mass is 32.2. The van der Waals surface area contributed by atoms with Crippen LogP contribution in [-0.4, -0.2) is 49.6 Å². The van der Waals surface area contributed by atoms with Gasteiger partial charge in [0.25, 0.3) is 0 Å². The molecule has 2 aromatic rings. The van der Waals surface area contributed by atoms with Crippen molar-refractivity contribution in [2.24, 2.45) is 0 Å². The average Bonchev–Trinajstić information content (AvgIpc) is 3.14. The first-order valence-electron chi connectivity index (χ1n) is 10.1. The lowest BCUT2D eigenvalue weighted by molar-refractivity contribution is -0.152. The van der Waals surface area contributed by atoms with Gasteiger partial charge in [0.1, 0.15) is 12.2 Å². The molecule has 2 heterocycles. The number of carbonyl (C=O) groups is 1. The molecule has 0 spiro atoms. The lowest BCUT2D eigenvalue weighted by Crippen LogP contribution is -2.37. The summed E-state index contributed by atoms with van der Waals surface area (Å²) in [7, 11) is -3.48. The number of carbonyl (C=O) groups excluding carboxylic acids is 1. The number of hydroxylamine groups is 2. The smallest absolute Gasteiger partial charge is 0.484 e. The number of hydrogen-bond donors (Lipinski definition) is 0. The maximum absolute atomic E-state index is 14.1. The SMILES string of the molecule is CC(C)(C)OC(=O)ON1CCC(c2nc(COc3ccc(S(C)(=O)=O)cc3F)cs2)CC1. The summed E-state index contributed by atoms with van der Waals surface area (Å²) in [5.74, 6) is -0.529. The van der Waals surface area contributed by atoms with Crippen molar-refractivity contribution in [3.8, 4) is 5.75 Å². The molecule has 1 aliphatic heterocycles. The minimum absolute atomic E-state index is 0.0282. The van der Waals surface area contributed by atoms with Crippen LogP contribution in [0.1, 0.15) is 50.2 Å². The lowest BCUT2D eigenvalue weighted by Gasteiger charge is -2.30. The highest BCUT2D eigenvalue weighted by Gasteiger charge is 2.27. The molecule has 3 rings (SSSR count). The Bertz CT molecular complexity index is 1060. The molecule has 0 unspecified atom stereocenters. The molecular formula is C21H27FN2O6S2. The van der Waals surface area contributed by atoms with E-state index in [9.17, 15) is 17.6 Å². The van der Waals surface area contributed by atoms with E-state index in [0.717, 1.165) is 30.2 Å². The third-order valence-electron chi connectivity index (χ3n) is 4.67. The molecule has 32 heavy (non-hydrogen) atoms. The monoisotopic (exact) mass is 486 g/mol. The molecule has 0 saturated carbocycles. The van der Waals surface area contributed by atoms with E-state index in [1.807, 2.05) is 5.38 Å². The number of benzene rings is 1. The third-order valence-corrected chi connectivity index (χ3v) is 6.84. The Morgan fingerprint density at radius 2 is 1.97 bits per heavy atom. The van der Waals surface area contributed by atoms with Crippen LogP contribution in [0.4, 0.5) is 9.18 Å². The summed E-state index contributed by atoms with van der Waals surface area (Å²) in [6.07, 6.45) is 1.87. The van der Waals surface area contributed by atoms with E-state index in [-0.39, 0.29) is 23.2 Å². The maximum Gasteiger partial charge on any atom is 0.528 e. The molecule has 11 heteroatoms. The van der Waals surface area contributed by atoms with Crippen molar-refractivity contribution in [1.29, 1.82) is 0 Å². The van der Waals surface area contributed by atoms with Crippen LogP contribution in [0.5, 0.6) is 5.75 Å². The van der Waals surface area contributed by atoms with Crippen molar-refractivity contribution in [3.05, 3.63) is 40.1 Å². The van der Waals surface area contributed by atoms with E-state index >= 15 is 0 Å². The molecule has 1 fully saturated rings. The number of hydrogen-bond acceptors (Lipinski definition) is 9. The molecule has 0 bridgehead atoms. The molecule has 176 valence electrons. The van der Waals surface area contributed by atoms with Gasteiger partial charge in [-0.15, -0.1) is 16.4 Å². The van der Waals surface area contributed by atoms with Crippen LogP contribution < -0.4 is 4.74 Å². The Morgan fingerprint density at radius 3 is 2.56 bits per heavy atom. The quantitative estimate of drug-likeness (QED) is 0.558. The van der Waals surface area contributed by atoms with Crippen molar-refractivity contribution < 1.29 is 31.9 Å². The summed E-state index contributed by atoms with van der Waals surface area (Å²) in [6.45, 7) is 6.57. The first kappa shape index (κ1) is 24.4. The minimum atomic E-state index is -3.48. The van der Waals surface area contributed by atoms with Gasteiger partial charge in [-0.1, -0.05) is 0 Å². The molecule has 1 aromatic carbocycles. The van der Waals surface area contributed by atoms with Gasteiger partial charge in [0.2, 0.25) is 0 Å². The van der Waals surface area contributed by atoms with Gasteiger partial charge in [-0.05, 0) is 51.8 Å². The highest BCUT2D eigenvalue weighted by molar-refractivity contribution is 7.90. The van der Waals surface area contributed by atoms with Crippen LogP contribution in [0.2, 0.25) is 0 Å². The molecule has 0 amide bonds. The molecule has 0 N–H and O–H groups in total. The molecule has 1 aliphatic rings. The Morgan fingerprint density at radius 1 is 1.28 bits per heavy atom. The minimum Gasteiger partial charge on any atom is -0.484 e. The second-order valence-electron chi connectivity index (χ2n) is 8.59. The summed E-state index contributed by atoms with van der Waals surface area (Å²) >= 11 is 1.51. The normalized spacial score (nSPS) is 16.0. The third kappa shape index (κ3) is 6.88. The Kier molecular flexibility index (Phi) is 7.41. The number of nitrogens with zero attached hydrogens (tertiary/aromatic N) is 2. The number of thiazole rings is 1. The number of ether oxygens (including phenoxy) is 2. The van der Waals surface area contributed by atoms with Gasteiger partial charge in [-0.25, -0.2) is 22.6 Å². The van der Waals surface area contributed by atoms with E-state index in [0.29, 0.717) is 18.8 Å². The number of rotatable bonds is 6. The molecular weight excluding hydrogens is 459 g/mol. The molecule has 1 aromatic heterocycles. The summed E-state index contributed by atoms with van der Waals surface area (Å²) < 4.78 is 47.8. The van der Waals surface area contributed by atoms with Crippen molar-refractivity contribution in [1.82, 2.24) is 10.0 Å². The van der Waals surface area contributed by atoms with E-state index in [2.05, 4.69) is 4.98 Å². The predicted octanol–water partition coefficient (Wildman–Crippen LogP) is 4.31. The van der Waals surface area contributed by atoms with E-state index in [4.69, 9.17) is 14.3 Å². The van der Waals surface area contributed by atoms with Gasteiger partial charge >= 0.3 is 6.16 Å². The van der Waals surface area contributed by atoms with Crippen LogP contribution in [0, 0.1) is 5.82 Å². The van der Waals surface area contributed by atoms with Crippen LogP contribution in [-0.2, 0) is 26.0 Å². The summed E-state index contributed by atoms with van der Waals surface area (Å²) in [5.41, 5.74) is 0.0666. The summed E-state index contributed by atoms with van der Waals surface area (Å²) in [4.78, 5) is 21.5. The Labute approximate surface area is 191 Å². The standard InChI is InChI=1S/C21H27FN2O6S2/c1-21(2,3)29-20(25)30-24-9-7-14(8-10-24)19-23-15(13-31-19)12-28-18-6-5-16(11-17(18)22)32(4,26)27/h5-6,11,13-14H,7-10,12H2,1-4H3. The van der Waals surface area contributed by atoms with Crippen molar-refractivity contribution >= 4 is 27.3 Å². The number of halogens is 1. The van der Waals surface area contributed by atoms with Gasteiger partial charge in [0, 0.05) is 30.6 Å². The maximum atomic E-state index is 14.1. The summed E-state index contributed by atoms with van der Waals surface area (Å²) in [6, 6.07) is 3.57. The Balaban J connectivity index is 1.50. The predicted molar refractivity (Wildman–Crippen MR) is 117 cm³/mol. The van der Waals surface area contributed by atoms with Crippen molar-refractivity contribution in [3.63, 3.8) is 0 Å².